The van der Waals surface area contributed by atoms with Crippen molar-refractivity contribution in [2.24, 2.45) is 0 Å². The highest BCUT2D eigenvalue weighted by molar-refractivity contribution is 5.95. The van der Waals surface area contributed by atoms with E-state index in [0.29, 0.717) is 5.69 Å². The first-order chi connectivity index (χ1) is 5.84. The number of carbonyl (C=O) groups is 1. The van der Waals surface area contributed by atoms with Crippen molar-refractivity contribution in [2.45, 2.75) is 20.7 Å². The molecular weight excluding hydrogens is 130 g/mol. The number of ketones is 1. The summed E-state index contributed by atoms with van der Waals surface area (Å²) in [6, 6.07) is 0. The predicted octanol–water partition coefficient (Wildman–Crippen LogP) is 1.49. The van der Waals surface area contributed by atoms with E-state index in [9.17, 15) is 4.79 Å². The average molecular weight is 142 g/mol. The fourth-order valence-corrected chi connectivity index (χ4v) is 0.807. The Morgan fingerprint density at radius 2 is 2.40 bits per heavy atom. The Bertz CT molecular complexity index is 320. The zero-order chi connectivity index (χ0) is 10.2. The monoisotopic (exact) mass is 142 g/mol. The normalized spacial score (nSPS) is 15.6. The first-order valence-electron chi connectivity index (χ1n) is 4.31. The molecule has 0 unspecified atom stereocenters. The third kappa shape index (κ3) is 0.943. The van der Waals surface area contributed by atoms with Gasteiger partial charge in [0.1, 0.15) is 5.76 Å². The molecule has 0 saturated carbocycles. The Hall–Kier alpha value is -1.12. The second kappa shape index (κ2) is 2.25. The lowest BCUT2D eigenvalue weighted by atomic mass is 10.1. The molecule has 1 rings (SSSR count). The van der Waals surface area contributed by atoms with Gasteiger partial charge >= 0.3 is 0 Å². The first kappa shape index (κ1) is 3.91. The Kier molecular flexibility index (Phi) is 0.878. The summed E-state index contributed by atoms with van der Waals surface area (Å²) in [5, 5.41) is 3.50. The first-order valence-corrected chi connectivity index (χ1v) is 2.81. The van der Waals surface area contributed by atoms with Gasteiger partial charge < -0.3 is 4.52 Å². The minimum absolute atomic E-state index is 0.0694. The average Bonchev–Trinajstić information content (AvgIpc) is 2.28. The van der Waals surface area contributed by atoms with E-state index in [1.807, 2.05) is 0 Å². The maximum absolute atomic E-state index is 11.3. The summed E-state index contributed by atoms with van der Waals surface area (Å²) < 4.78 is 25.5. The fraction of sp³-hybridized carbons (Fsp3) is 0.429. The van der Waals surface area contributed by atoms with Crippen molar-refractivity contribution in [2.75, 3.05) is 0 Å². The van der Waals surface area contributed by atoms with Gasteiger partial charge in [-0.2, -0.15) is 0 Å². The Morgan fingerprint density at radius 3 is 2.80 bits per heavy atom. The Balaban J connectivity index is 3.16. The minimum atomic E-state index is -2.62. The van der Waals surface area contributed by atoms with Crippen LogP contribution in [0.25, 0.3) is 0 Å². The molecule has 0 aliphatic heterocycles. The predicted molar refractivity (Wildman–Crippen MR) is 36.0 cm³/mol. The lowest BCUT2D eigenvalue weighted by molar-refractivity contribution is 0.101. The molecule has 0 N–H and O–H groups in total. The van der Waals surface area contributed by atoms with Gasteiger partial charge in [0, 0.05) is 4.11 Å². The minimum Gasteiger partial charge on any atom is -0.361 e. The van der Waals surface area contributed by atoms with Crippen LogP contribution in [0.4, 0.5) is 0 Å². The molecule has 1 aromatic rings. The van der Waals surface area contributed by atoms with E-state index in [2.05, 4.69) is 5.16 Å². The lowest BCUT2D eigenvalue weighted by Gasteiger charge is -1.88. The van der Waals surface area contributed by atoms with Gasteiger partial charge in [-0.25, -0.2) is 0 Å². The standard InChI is InChI=1S/C7H9NO2/c1-4-7(5(2)9)6(3)10-8-4/h1-3H3/i2D3. The molecule has 0 aromatic carbocycles. The third-order valence-electron chi connectivity index (χ3n) is 1.26. The molecule has 0 aliphatic rings. The zero-order valence-electron chi connectivity index (χ0n) is 8.76. The van der Waals surface area contributed by atoms with Crippen LogP contribution >= 0.6 is 0 Å². The van der Waals surface area contributed by atoms with E-state index in [4.69, 9.17) is 8.64 Å². The largest absolute Gasteiger partial charge is 0.361 e. The summed E-state index contributed by atoms with van der Waals surface area (Å²) in [7, 11) is 0. The second-order valence-electron chi connectivity index (χ2n) is 2.03. The van der Waals surface area contributed by atoms with Gasteiger partial charge in [-0.05, 0) is 20.7 Å². The molecule has 3 heteroatoms. The van der Waals surface area contributed by atoms with Gasteiger partial charge in [0.25, 0.3) is 0 Å². The van der Waals surface area contributed by atoms with Gasteiger partial charge in [-0.15, -0.1) is 0 Å². The topological polar surface area (TPSA) is 43.1 Å². The number of carbonyl (C=O) groups excluding carboxylic acids is 1. The van der Waals surface area contributed by atoms with Crippen LogP contribution in [0.15, 0.2) is 4.52 Å². The summed E-state index contributed by atoms with van der Waals surface area (Å²) >= 11 is 0. The van der Waals surface area contributed by atoms with Crippen LogP contribution in [-0.2, 0) is 0 Å². The summed E-state index contributed by atoms with van der Waals surface area (Å²) in [4.78, 5) is 11.3. The van der Waals surface area contributed by atoms with Crippen LogP contribution in [0, 0.1) is 13.8 Å². The van der Waals surface area contributed by atoms with Gasteiger partial charge in [-0.1, -0.05) is 5.16 Å². The highest BCUT2D eigenvalue weighted by Crippen LogP contribution is 2.11. The molecule has 0 saturated heterocycles. The molecule has 0 amide bonds. The number of nitrogens with zero attached hydrogens (tertiary/aromatic N) is 1. The molecule has 3 nitrogen and oxygen atoms in total. The maximum Gasteiger partial charge on any atom is 0.165 e. The molecule has 0 spiro atoms. The quantitative estimate of drug-likeness (QED) is 0.558. The van der Waals surface area contributed by atoms with Crippen LogP contribution < -0.4 is 0 Å². The Morgan fingerprint density at radius 1 is 1.70 bits per heavy atom. The number of rotatable bonds is 1. The molecule has 1 aromatic heterocycles. The van der Waals surface area contributed by atoms with E-state index < -0.39 is 12.6 Å². The van der Waals surface area contributed by atoms with Crippen molar-refractivity contribution in [3.05, 3.63) is 17.0 Å². The van der Waals surface area contributed by atoms with Crippen LogP contribution in [0.3, 0.4) is 0 Å². The summed E-state index contributed by atoms with van der Waals surface area (Å²) in [5.41, 5.74) is 0.388. The van der Waals surface area contributed by atoms with Crippen molar-refractivity contribution in [3.8, 4) is 0 Å². The highest BCUT2D eigenvalue weighted by Gasteiger charge is 2.12. The summed E-state index contributed by atoms with van der Waals surface area (Å²) in [5.74, 6) is -0.664. The summed E-state index contributed by atoms with van der Waals surface area (Å²) in [6.45, 7) is 0.426. The number of hydrogen-bond acceptors (Lipinski definition) is 3. The van der Waals surface area contributed by atoms with Crippen molar-refractivity contribution >= 4 is 5.78 Å². The SMILES string of the molecule is [2H]C([2H])([2H])C(=O)c1c(C)noc1C. The van der Waals surface area contributed by atoms with E-state index in [-0.39, 0.29) is 11.3 Å². The fourth-order valence-electron chi connectivity index (χ4n) is 0.807. The molecule has 0 aliphatic carbocycles. The Labute approximate surface area is 63.2 Å². The van der Waals surface area contributed by atoms with Crippen molar-refractivity contribution < 1.29 is 13.4 Å². The lowest BCUT2D eigenvalue weighted by Crippen LogP contribution is -1.94. The number of Topliss-reactive ketones (excluding diaryl/α,β-unsaturated/α-hetero) is 1. The molecule has 0 fully saturated rings. The molecule has 1 heterocycles. The zero-order valence-corrected chi connectivity index (χ0v) is 5.76. The van der Waals surface area contributed by atoms with E-state index >= 15 is 0 Å². The molecule has 0 radical (unpaired) electrons. The van der Waals surface area contributed by atoms with E-state index in [0.717, 1.165) is 0 Å². The van der Waals surface area contributed by atoms with E-state index in [1.54, 1.807) is 0 Å². The smallest absolute Gasteiger partial charge is 0.165 e. The highest BCUT2D eigenvalue weighted by atomic mass is 16.5. The van der Waals surface area contributed by atoms with Gasteiger partial charge in [-0.3, -0.25) is 4.79 Å². The second-order valence-corrected chi connectivity index (χ2v) is 2.03. The van der Waals surface area contributed by atoms with Crippen molar-refractivity contribution in [1.82, 2.24) is 5.16 Å². The summed E-state index contributed by atoms with van der Waals surface area (Å²) in [6.07, 6.45) is 0. The number of aromatic nitrogens is 1. The van der Waals surface area contributed by atoms with Gasteiger partial charge in [0.05, 0.1) is 11.3 Å². The van der Waals surface area contributed by atoms with Crippen LogP contribution in [0.5, 0.6) is 0 Å². The molecule has 0 atom stereocenters. The molecule has 54 valence electrons. The van der Waals surface area contributed by atoms with Gasteiger partial charge in [0.15, 0.2) is 5.78 Å². The van der Waals surface area contributed by atoms with Crippen molar-refractivity contribution in [3.63, 3.8) is 0 Å². The number of hydrogen-bond donors (Lipinski definition) is 0. The van der Waals surface area contributed by atoms with Crippen LogP contribution in [0.2, 0.25) is 0 Å². The molecule has 10 heavy (non-hydrogen) atoms. The maximum atomic E-state index is 11.3. The van der Waals surface area contributed by atoms with Gasteiger partial charge in [0.2, 0.25) is 0 Å². The molecular formula is C7H9NO2. The van der Waals surface area contributed by atoms with Crippen LogP contribution in [0.1, 0.15) is 32.8 Å². The van der Waals surface area contributed by atoms with Crippen molar-refractivity contribution in [1.29, 1.82) is 0 Å². The van der Waals surface area contributed by atoms with E-state index in [1.165, 1.54) is 13.8 Å². The molecule has 0 bridgehead atoms. The third-order valence-corrected chi connectivity index (χ3v) is 1.26. The van der Waals surface area contributed by atoms with Crippen LogP contribution in [-0.4, -0.2) is 10.9 Å². The number of aryl methyl sites for hydroxylation is 2.